The standard InChI is InChI=1S/C22H26BrN3O4S2/c1-15(2)30-20-11-6-16(14-19(20)23)21(27)25-22(31)24-17-7-9-18(10-8-17)32(28,29)26-12-4-3-5-13-26/h6-11,14-15H,3-5,12-13H2,1-2H3,(H2,24,25,27,31). The second-order valence-corrected chi connectivity index (χ2v) is 10.9. The largest absolute Gasteiger partial charge is 0.490 e. The number of piperidine rings is 1. The maximum Gasteiger partial charge on any atom is 0.257 e. The van der Waals surface area contributed by atoms with Crippen LogP contribution < -0.4 is 15.4 Å². The first-order chi connectivity index (χ1) is 15.2. The van der Waals surface area contributed by atoms with E-state index in [0.29, 0.717) is 34.6 Å². The molecule has 1 saturated heterocycles. The summed E-state index contributed by atoms with van der Waals surface area (Å²) in [4.78, 5) is 12.8. The number of hydrogen-bond acceptors (Lipinski definition) is 5. The van der Waals surface area contributed by atoms with E-state index in [2.05, 4.69) is 26.6 Å². The monoisotopic (exact) mass is 539 g/mol. The molecule has 10 heteroatoms. The molecule has 0 saturated carbocycles. The van der Waals surface area contributed by atoms with Crippen molar-refractivity contribution in [2.45, 2.75) is 44.1 Å². The predicted octanol–water partition coefficient (Wildman–Crippen LogP) is 4.54. The molecule has 0 radical (unpaired) electrons. The first-order valence-electron chi connectivity index (χ1n) is 10.4. The van der Waals surface area contributed by atoms with Gasteiger partial charge >= 0.3 is 0 Å². The molecule has 0 spiro atoms. The molecule has 0 unspecified atom stereocenters. The van der Waals surface area contributed by atoms with E-state index in [9.17, 15) is 13.2 Å². The number of anilines is 1. The normalized spacial score (nSPS) is 14.8. The van der Waals surface area contributed by atoms with E-state index in [1.807, 2.05) is 13.8 Å². The Kier molecular flexibility index (Phi) is 8.26. The highest BCUT2D eigenvalue weighted by molar-refractivity contribution is 9.10. The second-order valence-electron chi connectivity index (χ2n) is 7.71. The molecule has 1 amide bonds. The lowest BCUT2D eigenvalue weighted by Crippen LogP contribution is -2.35. The molecular weight excluding hydrogens is 514 g/mol. The average molecular weight is 541 g/mol. The lowest BCUT2D eigenvalue weighted by Gasteiger charge is -2.25. The molecule has 0 aromatic heterocycles. The van der Waals surface area contributed by atoms with Gasteiger partial charge in [0.05, 0.1) is 15.5 Å². The number of thiocarbonyl (C=S) groups is 1. The number of ether oxygens (including phenoxy) is 1. The lowest BCUT2D eigenvalue weighted by molar-refractivity contribution is 0.0977. The molecule has 0 atom stereocenters. The fourth-order valence-corrected chi connectivity index (χ4v) is 5.49. The van der Waals surface area contributed by atoms with E-state index in [-0.39, 0.29) is 22.0 Å². The minimum Gasteiger partial charge on any atom is -0.490 e. The molecule has 1 aliphatic heterocycles. The summed E-state index contributed by atoms with van der Waals surface area (Å²) in [5.74, 6) is 0.278. The SMILES string of the molecule is CC(C)Oc1ccc(C(=O)NC(=S)Nc2ccc(S(=O)(=O)N3CCCCC3)cc2)cc1Br. The summed E-state index contributed by atoms with van der Waals surface area (Å²) in [6, 6.07) is 11.4. The van der Waals surface area contributed by atoms with Crippen LogP contribution in [-0.4, -0.2) is 42.9 Å². The molecule has 0 bridgehead atoms. The van der Waals surface area contributed by atoms with E-state index in [4.69, 9.17) is 17.0 Å². The minimum absolute atomic E-state index is 0.0176. The zero-order valence-corrected chi connectivity index (χ0v) is 21.1. The highest BCUT2D eigenvalue weighted by Gasteiger charge is 2.25. The number of nitrogens with one attached hydrogen (secondary N) is 2. The number of carbonyl (C=O) groups excluding carboxylic acids is 1. The highest BCUT2D eigenvalue weighted by atomic mass is 79.9. The number of benzene rings is 2. The van der Waals surface area contributed by atoms with Gasteiger partial charge < -0.3 is 10.1 Å². The molecule has 3 rings (SSSR count). The third-order valence-corrected chi connectivity index (χ3v) is 7.59. The molecule has 2 aromatic rings. The Morgan fingerprint density at radius 2 is 1.75 bits per heavy atom. The molecule has 1 fully saturated rings. The van der Waals surface area contributed by atoms with Crippen LogP contribution in [0.4, 0.5) is 5.69 Å². The Hall–Kier alpha value is -2.01. The molecule has 0 aliphatic carbocycles. The van der Waals surface area contributed by atoms with Gasteiger partial charge in [-0.2, -0.15) is 4.31 Å². The Bertz CT molecular complexity index is 1080. The van der Waals surface area contributed by atoms with Gasteiger partial charge in [0.25, 0.3) is 5.91 Å². The summed E-state index contributed by atoms with van der Waals surface area (Å²) in [5, 5.41) is 5.64. The topological polar surface area (TPSA) is 87.7 Å². The number of sulfonamides is 1. The van der Waals surface area contributed by atoms with Gasteiger partial charge in [-0.1, -0.05) is 6.42 Å². The van der Waals surface area contributed by atoms with Crippen LogP contribution in [0, 0.1) is 0 Å². The summed E-state index contributed by atoms with van der Waals surface area (Å²) in [6.07, 6.45) is 2.85. The predicted molar refractivity (Wildman–Crippen MR) is 133 cm³/mol. The van der Waals surface area contributed by atoms with Gasteiger partial charge in [-0.25, -0.2) is 8.42 Å². The van der Waals surface area contributed by atoms with Crippen molar-refractivity contribution in [2.24, 2.45) is 0 Å². The maximum absolute atomic E-state index is 12.7. The van der Waals surface area contributed by atoms with Gasteiger partial charge in [0.15, 0.2) is 5.11 Å². The van der Waals surface area contributed by atoms with Gasteiger partial charge in [-0.05, 0) is 97.3 Å². The third kappa shape index (κ3) is 6.28. The number of amides is 1. The van der Waals surface area contributed by atoms with E-state index in [1.165, 1.54) is 4.31 Å². The minimum atomic E-state index is -3.49. The van der Waals surface area contributed by atoms with Gasteiger partial charge in [0.1, 0.15) is 5.75 Å². The van der Waals surface area contributed by atoms with Crippen molar-refractivity contribution in [1.29, 1.82) is 0 Å². The third-order valence-electron chi connectivity index (χ3n) is 4.85. The molecule has 172 valence electrons. The molecule has 1 aliphatic rings. The van der Waals surface area contributed by atoms with Crippen LogP contribution in [0.3, 0.4) is 0 Å². The fraction of sp³-hybridized carbons (Fsp3) is 0.364. The van der Waals surface area contributed by atoms with Crippen molar-refractivity contribution in [2.75, 3.05) is 18.4 Å². The van der Waals surface area contributed by atoms with Crippen LogP contribution in [0.5, 0.6) is 5.75 Å². The van der Waals surface area contributed by atoms with E-state index < -0.39 is 10.0 Å². The van der Waals surface area contributed by atoms with Gasteiger partial charge in [-0.15, -0.1) is 0 Å². The van der Waals surface area contributed by atoms with Crippen molar-refractivity contribution in [1.82, 2.24) is 9.62 Å². The zero-order chi connectivity index (χ0) is 23.3. The molecule has 1 heterocycles. The van der Waals surface area contributed by atoms with Crippen LogP contribution in [0.2, 0.25) is 0 Å². The maximum atomic E-state index is 12.7. The smallest absolute Gasteiger partial charge is 0.257 e. The van der Waals surface area contributed by atoms with E-state index in [0.717, 1.165) is 19.3 Å². The molecule has 2 aromatic carbocycles. The summed E-state index contributed by atoms with van der Waals surface area (Å²) < 4.78 is 33.3. The molecular formula is C22H26BrN3O4S2. The number of halogens is 1. The number of carbonyl (C=O) groups is 1. The average Bonchev–Trinajstić information content (AvgIpc) is 2.75. The van der Waals surface area contributed by atoms with E-state index >= 15 is 0 Å². The summed E-state index contributed by atoms with van der Waals surface area (Å²) in [5.41, 5.74) is 0.995. The van der Waals surface area contributed by atoms with Gasteiger partial charge in [0.2, 0.25) is 10.0 Å². The Morgan fingerprint density at radius 3 is 2.34 bits per heavy atom. The van der Waals surface area contributed by atoms with Gasteiger partial charge in [-0.3, -0.25) is 10.1 Å². The Morgan fingerprint density at radius 1 is 1.09 bits per heavy atom. The fourth-order valence-electron chi connectivity index (χ4n) is 3.29. The van der Waals surface area contributed by atoms with Crippen molar-refractivity contribution >= 4 is 54.9 Å². The van der Waals surface area contributed by atoms with Crippen LogP contribution in [0.1, 0.15) is 43.5 Å². The van der Waals surface area contributed by atoms with Gasteiger partial charge in [0, 0.05) is 24.3 Å². The summed E-state index contributed by atoms with van der Waals surface area (Å²) in [7, 11) is -3.49. The lowest BCUT2D eigenvalue weighted by atomic mass is 10.2. The summed E-state index contributed by atoms with van der Waals surface area (Å²) in [6.45, 7) is 4.96. The Balaban J connectivity index is 1.60. The van der Waals surface area contributed by atoms with Crippen LogP contribution >= 0.6 is 28.1 Å². The first kappa shape index (κ1) is 24.6. The second kappa shape index (κ2) is 10.7. The molecule has 7 nitrogen and oxygen atoms in total. The quantitative estimate of drug-likeness (QED) is 0.524. The summed E-state index contributed by atoms with van der Waals surface area (Å²) >= 11 is 8.64. The van der Waals surface area contributed by atoms with Crippen LogP contribution in [0.15, 0.2) is 51.8 Å². The zero-order valence-electron chi connectivity index (χ0n) is 17.9. The number of rotatable bonds is 6. The van der Waals surface area contributed by atoms with Crippen molar-refractivity contribution < 1.29 is 17.9 Å². The first-order valence-corrected chi connectivity index (χ1v) is 13.0. The molecule has 2 N–H and O–H groups in total. The number of hydrogen-bond donors (Lipinski definition) is 2. The van der Waals surface area contributed by atoms with Crippen LogP contribution in [0.25, 0.3) is 0 Å². The number of nitrogens with zero attached hydrogens (tertiary/aromatic N) is 1. The Labute approximate surface area is 202 Å². The highest BCUT2D eigenvalue weighted by Crippen LogP contribution is 2.27. The molecule has 32 heavy (non-hydrogen) atoms. The van der Waals surface area contributed by atoms with Crippen molar-refractivity contribution in [3.05, 3.63) is 52.5 Å². The van der Waals surface area contributed by atoms with Crippen molar-refractivity contribution in [3.63, 3.8) is 0 Å². The van der Waals surface area contributed by atoms with Crippen molar-refractivity contribution in [3.8, 4) is 5.75 Å². The van der Waals surface area contributed by atoms with Crippen LogP contribution in [-0.2, 0) is 10.0 Å². The van der Waals surface area contributed by atoms with E-state index in [1.54, 1.807) is 42.5 Å².